The second-order valence-corrected chi connectivity index (χ2v) is 3.19. The zero-order chi connectivity index (χ0) is 11.4. The van der Waals surface area contributed by atoms with E-state index in [2.05, 4.69) is 25.7 Å². The van der Waals surface area contributed by atoms with Crippen LogP contribution in [0.15, 0.2) is 12.3 Å². The predicted octanol–water partition coefficient (Wildman–Crippen LogP) is -0.0720. The van der Waals surface area contributed by atoms with Crippen LogP contribution in [0.1, 0.15) is 12.8 Å². The Balaban J connectivity index is 2.05. The highest BCUT2D eigenvalue weighted by Crippen LogP contribution is 2.11. The predicted molar refractivity (Wildman–Crippen MR) is 52.3 cm³/mol. The van der Waals surface area contributed by atoms with Gasteiger partial charge in [0, 0.05) is 19.2 Å². The van der Waals surface area contributed by atoms with Crippen molar-refractivity contribution in [3.63, 3.8) is 0 Å². The molecule has 0 radical (unpaired) electrons. The zero-order valence-electron chi connectivity index (χ0n) is 8.37. The van der Waals surface area contributed by atoms with Gasteiger partial charge in [0.05, 0.1) is 0 Å². The molecule has 84 valence electrons. The van der Waals surface area contributed by atoms with E-state index in [1.54, 1.807) is 16.9 Å². The molecule has 0 amide bonds. The number of H-pyrrole nitrogens is 1. The van der Waals surface area contributed by atoms with E-state index in [1.807, 2.05) is 0 Å². The molecule has 0 aliphatic heterocycles. The van der Waals surface area contributed by atoms with Crippen LogP contribution in [0.5, 0.6) is 0 Å². The number of nitrogens with zero attached hydrogens (tertiary/aromatic N) is 5. The topological polar surface area (TPSA) is 110 Å². The lowest BCUT2D eigenvalue weighted by Crippen LogP contribution is -2.05. The summed E-state index contributed by atoms with van der Waals surface area (Å²) in [5, 5.41) is 26.2. The van der Waals surface area contributed by atoms with E-state index in [9.17, 15) is 4.79 Å². The summed E-state index contributed by atoms with van der Waals surface area (Å²) in [5.74, 6) is -0.265. The van der Waals surface area contributed by atoms with E-state index in [-0.39, 0.29) is 6.42 Å². The molecule has 0 unspecified atom stereocenters. The minimum Gasteiger partial charge on any atom is -0.481 e. The average molecular weight is 222 g/mol. The average Bonchev–Trinajstić information content (AvgIpc) is 2.84. The van der Waals surface area contributed by atoms with Crippen molar-refractivity contribution in [1.29, 1.82) is 0 Å². The first kappa shape index (κ1) is 10.3. The number of aliphatic carboxylic acids is 1. The molecule has 2 heterocycles. The van der Waals surface area contributed by atoms with Crippen molar-refractivity contribution in [3.05, 3.63) is 12.3 Å². The normalized spacial score (nSPS) is 10.5. The van der Waals surface area contributed by atoms with Gasteiger partial charge in [0.25, 0.3) is 0 Å². The summed E-state index contributed by atoms with van der Waals surface area (Å²) in [7, 11) is 0. The highest BCUT2D eigenvalue weighted by Gasteiger charge is 2.09. The molecule has 0 spiro atoms. The molecule has 0 aromatic carbocycles. The van der Waals surface area contributed by atoms with Crippen LogP contribution in [0.3, 0.4) is 0 Å². The van der Waals surface area contributed by atoms with Crippen molar-refractivity contribution >= 4 is 5.97 Å². The van der Waals surface area contributed by atoms with Gasteiger partial charge in [-0.15, -0.1) is 5.10 Å². The van der Waals surface area contributed by atoms with Gasteiger partial charge < -0.3 is 5.11 Å². The van der Waals surface area contributed by atoms with E-state index >= 15 is 0 Å². The van der Waals surface area contributed by atoms with E-state index in [1.165, 1.54) is 0 Å². The molecule has 2 aromatic heterocycles. The highest BCUT2D eigenvalue weighted by atomic mass is 16.4. The number of aromatic amines is 1. The number of carboxylic acids is 1. The lowest BCUT2D eigenvalue weighted by molar-refractivity contribution is -0.137. The van der Waals surface area contributed by atoms with Gasteiger partial charge in [-0.25, -0.2) is 4.68 Å². The number of hydrogen-bond acceptors (Lipinski definition) is 5. The number of rotatable bonds is 5. The van der Waals surface area contributed by atoms with Gasteiger partial charge >= 0.3 is 5.97 Å². The number of nitrogens with one attached hydrogen (secondary N) is 1. The summed E-state index contributed by atoms with van der Waals surface area (Å²) in [4.78, 5) is 10.4. The molecule has 0 fully saturated rings. The maximum Gasteiger partial charge on any atom is 0.303 e. The summed E-state index contributed by atoms with van der Waals surface area (Å²) in [5.41, 5.74) is 0.709. The van der Waals surface area contributed by atoms with Crippen molar-refractivity contribution in [3.8, 4) is 11.5 Å². The lowest BCUT2D eigenvalue weighted by Gasteiger charge is -2.00. The Morgan fingerprint density at radius 1 is 1.56 bits per heavy atom. The van der Waals surface area contributed by atoms with Crippen LogP contribution < -0.4 is 0 Å². The second kappa shape index (κ2) is 4.51. The van der Waals surface area contributed by atoms with E-state index in [0.717, 1.165) is 0 Å². The van der Waals surface area contributed by atoms with Crippen LogP contribution in [-0.2, 0) is 11.3 Å². The number of carboxylic acid groups (broad SMARTS) is 1. The Morgan fingerprint density at radius 3 is 3.12 bits per heavy atom. The molecule has 8 heteroatoms. The van der Waals surface area contributed by atoms with Crippen molar-refractivity contribution in [1.82, 2.24) is 30.4 Å². The monoisotopic (exact) mass is 222 g/mol. The second-order valence-electron chi connectivity index (χ2n) is 3.19. The van der Waals surface area contributed by atoms with Gasteiger partial charge in [-0.05, 0) is 22.9 Å². The van der Waals surface area contributed by atoms with E-state index in [0.29, 0.717) is 24.5 Å². The third-order valence-electron chi connectivity index (χ3n) is 2.03. The molecule has 2 aromatic rings. The minimum atomic E-state index is -0.823. The maximum absolute atomic E-state index is 10.4. The van der Waals surface area contributed by atoms with E-state index in [4.69, 9.17) is 5.11 Å². The fraction of sp³-hybridized carbons (Fsp3) is 0.375. The quantitative estimate of drug-likeness (QED) is 0.732. The molecular formula is C8H10N6O2. The number of tetrazole rings is 1. The van der Waals surface area contributed by atoms with Crippen LogP contribution >= 0.6 is 0 Å². The van der Waals surface area contributed by atoms with Crippen molar-refractivity contribution in [2.75, 3.05) is 0 Å². The minimum absolute atomic E-state index is 0.0995. The van der Waals surface area contributed by atoms with Crippen molar-refractivity contribution < 1.29 is 9.90 Å². The third kappa shape index (κ3) is 2.22. The Bertz CT molecular complexity index is 463. The molecule has 8 nitrogen and oxygen atoms in total. The number of aromatic nitrogens is 6. The molecule has 16 heavy (non-hydrogen) atoms. The molecule has 0 aliphatic rings. The van der Waals surface area contributed by atoms with Crippen molar-refractivity contribution in [2.45, 2.75) is 19.4 Å². The van der Waals surface area contributed by atoms with Gasteiger partial charge in [0.15, 0.2) is 5.82 Å². The first-order valence-corrected chi connectivity index (χ1v) is 4.75. The van der Waals surface area contributed by atoms with Gasteiger partial charge in [-0.1, -0.05) is 0 Å². The fourth-order valence-electron chi connectivity index (χ4n) is 1.31. The summed E-state index contributed by atoms with van der Waals surface area (Å²) < 4.78 is 1.55. The maximum atomic E-state index is 10.4. The Kier molecular flexibility index (Phi) is 2.90. The fourth-order valence-corrected chi connectivity index (χ4v) is 1.31. The first-order chi connectivity index (χ1) is 7.77. The van der Waals surface area contributed by atoms with Crippen LogP contribution in [0.4, 0.5) is 0 Å². The molecule has 2 N–H and O–H groups in total. The van der Waals surface area contributed by atoms with Crippen LogP contribution in [0.2, 0.25) is 0 Å². The molecule has 2 rings (SSSR count). The smallest absolute Gasteiger partial charge is 0.303 e. The lowest BCUT2D eigenvalue weighted by atomic mass is 10.3. The van der Waals surface area contributed by atoms with E-state index < -0.39 is 5.97 Å². The zero-order valence-corrected chi connectivity index (χ0v) is 8.37. The molecule has 0 saturated heterocycles. The van der Waals surface area contributed by atoms with Crippen LogP contribution in [-0.4, -0.2) is 41.5 Å². The number of carbonyl (C=O) groups is 1. The highest BCUT2D eigenvalue weighted by molar-refractivity contribution is 5.66. The standard InChI is InChI=1S/C8H10N6O2/c15-7(16)2-1-5-14-8(11-12-13-14)6-3-4-9-10-6/h3-4H,1-2,5H2,(H,9,10)(H,15,16). The van der Waals surface area contributed by atoms with Crippen LogP contribution in [0.25, 0.3) is 11.5 Å². The first-order valence-electron chi connectivity index (χ1n) is 4.75. The Labute approximate surface area is 90.3 Å². The van der Waals surface area contributed by atoms with Gasteiger partial charge in [0.1, 0.15) is 5.69 Å². The summed E-state index contributed by atoms with van der Waals surface area (Å²) in [6.45, 7) is 0.466. The molecule has 0 aliphatic carbocycles. The molecule has 0 bridgehead atoms. The van der Waals surface area contributed by atoms with Gasteiger partial charge in [-0.3, -0.25) is 9.89 Å². The summed E-state index contributed by atoms with van der Waals surface area (Å²) in [6.07, 6.45) is 2.19. The number of hydrogen-bond donors (Lipinski definition) is 2. The van der Waals surface area contributed by atoms with Crippen LogP contribution in [0, 0.1) is 0 Å². The Hall–Kier alpha value is -2.25. The van der Waals surface area contributed by atoms with Gasteiger partial charge in [0.2, 0.25) is 0 Å². The Morgan fingerprint density at radius 2 is 2.44 bits per heavy atom. The molecule has 0 saturated carbocycles. The van der Waals surface area contributed by atoms with Gasteiger partial charge in [-0.2, -0.15) is 5.10 Å². The summed E-state index contributed by atoms with van der Waals surface area (Å²) in [6, 6.07) is 1.75. The largest absolute Gasteiger partial charge is 0.481 e. The third-order valence-corrected chi connectivity index (χ3v) is 2.03. The molecule has 0 atom stereocenters. The molecular weight excluding hydrogens is 212 g/mol. The summed E-state index contributed by atoms with van der Waals surface area (Å²) >= 11 is 0. The number of aryl methyl sites for hydroxylation is 1. The SMILES string of the molecule is O=C(O)CCCn1nnnc1-c1ccn[nH]1. The van der Waals surface area contributed by atoms with Crippen molar-refractivity contribution in [2.24, 2.45) is 0 Å².